The summed E-state index contributed by atoms with van der Waals surface area (Å²) >= 11 is 0. The fraction of sp³-hybridized carbons (Fsp3) is 0. The van der Waals surface area contributed by atoms with Gasteiger partial charge in [-0.3, -0.25) is 9.78 Å². The largest absolute Gasteiger partial charge is 0.327 e. The Kier molecular flexibility index (Phi) is 1.80. The van der Waals surface area contributed by atoms with Crippen LogP contribution in [0.15, 0.2) is 18.5 Å². The van der Waals surface area contributed by atoms with Crippen LogP contribution < -0.4 is 5.32 Å². The van der Waals surface area contributed by atoms with Gasteiger partial charge in [-0.2, -0.15) is 0 Å². The second-order valence-electron chi connectivity index (χ2n) is 1.44. The van der Waals surface area contributed by atoms with E-state index < -0.39 is 0 Å². The van der Waals surface area contributed by atoms with Crippen molar-refractivity contribution in [1.29, 1.82) is 0 Å². The first kappa shape index (κ1) is 5.75. The highest BCUT2D eigenvalue weighted by Gasteiger charge is 1.83. The third kappa shape index (κ3) is 1.53. The number of hydrogen-bond acceptors (Lipinski definition) is 2. The summed E-state index contributed by atoms with van der Waals surface area (Å²) in [4.78, 5) is 13.5. The molecule has 1 amide bonds. The van der Waals surface area contributed by atoms with Crippen molar-refractivity contribution in [1.82, 2.24) is 4.98 Å². The molecule has 9 heavy (non-hydrogen) atoms. The summed E-state index contributed by atoms with van der Waals surface area (Å²) in [5.74, 6) is 0. The Morgan fingerprint density at radius 1 is 1.78 bits per heavy atom. The van der Waals surface area contributed by atoms with E-state index in [1.807, 2.05) is 0 Å². The van der Waals surface area contributed by atoms with E-state index in [2.05, 4.69) is 16.4 Å². The van der Waals surface area contributed by atoms with Crippen LogP contribution in [-0.4, -0.2) is 11.4 Å². The van der Waals surface area contributed by atoms with Crippen LogP contribution >= 0.6 is 0 Å². The van der Waals surface area contributed by atoms with Crippen LogP contribution in [0.5, 0.6) is 0 Å². The van der Waals surface area contributed by atoms with Gasteiger partial charge in [0.05, 0.1) is 11.9 Å². The summed E-state index contributed by atoms with van der Waals surface area (Å²) in [5, 5.41) is 2.43. The van der Waals surface area contributed by atoms with Gasteiger partial charge in [0.2, 0.25) is 6.41 Å². The summed E-state index contributed by atoms with van der Waals surface area (Å²) < 4.78 is 0. The fourth-order valence-electron chi connectivity index (χ4n) is 0.472. The van der Waals surface area contributed by atoms with Gasteiger partial charge in [-0.05, 0) is 6.07 Å². The van der Waals surface area contributed by atoms with E-state index in [1.54, 1.807) is 12.3 Å². The van der Waals surface area contributed by atoms with Crippen LogP contribution in [-0.2, 0) is 4.79 Å². The molecule has 3 heteroatoms. The van der Waals surface area contributed by atoms with Crippen molar-refractivity contribution < 1.29 is 4.79 Å². The van der Waals surface area contributed by atoms with Crippen LogP contribution in [0.2, 0.25) is 0 Å². The molecule has 1 aromatic heterocycles. The van der Waals surface area contributed by atoms with Gasteiger partial charge in [0.25, 0.3) is 0 Å². The number of amides is 1. The van der Waals surface area contributed by atoms with Crippen molar-refractivity contribution in [2.24, 2.45) is 0 Å². The van der Waals surface area contributed by atoms with Gasteiger partial charge in [0.15, 0.2) is 0 Å². The minimum atomic E-state index is 0.602. The van der Waals surface area contributed by atoms with Crippen molar-refractivity contribution in [3.8, 4) is 0 Å². The van der Waals surface area contributed by atoms with Gasteiger partial charge < -0.3 is 5.32 Å². The first-order chi connectivity index (χ1) is 4.43. The van der Waals surface area contributed by atoms with Gasteiger partial charge in [0.1, 0.15) is 0 Å². The second-order valence-corrected chi connectivity index (χ2v) is 1.44. The average molecular weight is 121 g/mol. The quantitative estimate of drug-likeness (QED) is 0.577. The highest BCUT2D eigenvalue weighted by Crippen LogP contribution is 1.98. The maximum atomic E-state index is 9.82. The van der Waals surface area contributed by atoms with E-state index in [9.17, 15) is 4.79 Å². The number of rotatable bonds is 2. The van der Waals surface area contributed by atoms with Crippen molar-refractivity contribution in [2.45, 2.75) is 0 Å². The van der Waals surface area contributed by atoms with Gasteiger partial charge in [0, 0.05) is 12.3 Å². The first-order valence-corrected chi connectivity index (χ1v) is 2.45. The van der Waals surface area contributed by atoms with Gasteiger partial charge in [-0.1, -0.05) is 0 Å². The number of aromatic nitrogens is 1. The molecule has 0 unspecified atom stereocenters. The minimum Gasteiger partial charge on any atom is -0.327 e. The van der Waals surface area contributed by atoms with Crippen LogP contribution in [0.4, 0.5) is 5.69 Å². The van der Waals surface area contributed by atoms with E-state index in [0.717, 1.165) is 0 Å². The second kappa shape index (κ2) is 2.81. The molecular formula is C6H5N2O. The molecule has 3 nitrogen and oxygen atoms in total. The Morgan fingerprint density at radius 2 is 2.67 bits per heavy atom. The molecule has 0 aliphatic carbocycles. The van der Waals surface area contributed by atoms with Crippen LogP contribution in [0.3, 0.4) is 0 Å². The van der Waals surface area contributed by atoms with E-state index in [-0.39, 0.29) is 0 Å². The Hall–Kier alpha value is -1.38. The molecule has 0 aromatic carbocycles. The van der Waals surface area contributed by atoms with Crippen molar-refractivity contribution in [3.63, 3.8) is 0 Å². The fourth-order valence-corrected chi connectivity index (χ4v) is 0.472. The molecule has 0 saturated heterocycles. The minimum absolute atomic E-state index is 0.602. The molecule has 1 rings (SSSR count). The molecule has 0 atom stereocenters. The smallest absolute Gasteiger partial charge is 0.211 e. The summed E-state index contributed by atoms with van der Waals surface area (Å²) in [6.45, 7) is 0. The average Bonchev–Trinajstić information content (AvgIpc) is 1.91. The molecule has 0 bridgehead atoms. The molecule has 45 valence electrons. The van der Waals surface area contributed by atoms with Crippen LogP contribution in [0, 0.1) is 6.07 Å². The Balaban J connectivity index is 2.72. The molecule has 0 aliphatic heterocycles. The predicted molar refractivity (Wildman–Crippen MR) is 32.8 cm³/mol. The molecular weight excluding hydrogens is 116 g/mol. The maximum Gasteiger partial charge on any atom is 0.211 e. The SMILES string of the molecule is O=CNc1c[c]cnc1. The summed E-state index contributed by atoms with van der Waals surface area (Å²) in [6.07, 6.45) is 3.67. The molecule has 0 saturated carbocycles. The number of carbonyl (C=O) groups excluding carboxylic acids is 1. The van der Waals surface area contributed by atoms with E-state index >= 15 is 0 Å². The monoisotopic (exact) mass is 121 g/mol. The molecule has 1 N–H and O–H groups in total. The number of pyridine rings is 1. The Morgan fingerprint density at radius 3 is 3.22 bits per heavy atom. The third-order valence-electron chi connectivity index (χ3n) is 0.827. The lowest BCUT2D eigenvalue weighted by atomic mass is 10.4. The highest BCUT2D eigenvalue weighted by molar-refractivity contribution is 5.70. The molecule has 0 spiro atoms. The first-order valence-electron chi connectivity index (χ1n) is 2.45. The Labute approximate surface area is 52.7 Å². The summed E-state index contributed by atoms with van der Waals surface area (Å²) in [6, 6.07) is 4.35. The van der Waals surface area contributed by atoms with E-state index in [1.165, 1.54) is 6.20 Å². The number of carbonyl (C=O) groups is 1. The highest BCUT2D eigenvalue weighted by atomic mass is 16.1. The lowest BCUT2D eigenvalue weighted by Crippen LogP contribution is -1.92. The van der Waals surface area contributed by atoms with Crippen molar-refractivity contribution in [3.05, 3.63) is 24.5 Å². The molecule has 1 radical (unpaired) electrons. The molecule has 0 aliphatic rings. The number of nitrogens with one attached hydrogen (secondary N) is 1. The topological polar surface area (TPSA) is 42.0 Å². The van der Waals surface area contributed by atoms with Gasteiger partial charge >= 0.3 is 0 Å². The van der Waals surface area contributed by atoms with Crippen LogP contribution in [0.1, 0.15) is 0 Å². The summed E-state index contributed by atoms with van der Waals surface area (Å²) in [5.41, 5.74) is 0.660. The lowest BCUT2D eigenvalue weighted by Gasteiger charge is -1.91. The van der Waals surface area contributed by atoms with E-state index in [0.29, 0.717) is 12.1 Å². The number of nitrogens with zero attached hydrogens (tertiary/aromatic N) is 1. The summed E-state index contributed by atoms with van der Waals surface area (Å²) in [7, 11) is 0. The predicted octanol–water partition coefficient (Wildman–Crippen LogP) is 0.450. The number of hydrogen-bond donors (Lipinski definition) is 1. The maximum absolute atomic E-state index is 9.82. The molecule has 1 heterocycles. The van der Waals surface area contributed by atoms with Crippen molar-refractivity contribution >= 4 is 12.1 Å². The zero-order valence-electron chi connectivity index (χ0n) is 4.66. The third-order valence-corrected chi connectivity index (χ3v) is 0.827. The van der Waals surface area contributed by atoms with Gasteiger partial charge in [-0.15, -0.1) is 0 Å². The Bertz CT molecular complexity index is 186. The molecule has 0 fully saturated rings. The number of anilines is 1. The lowest BCUT2D eigenvalue weighted by molar-refractivity contribution is -0.105. The van der Waals surface area contributed by atoms with Gasteiger partial charge in [-0.25, -0.2) is 0 Å². The van der Waals surface area contributed by atoms with Crippen molar-refractivity contribution in [2.75, 3.05) is 5.32 Å². The zero-order chi connectivity index (χ0) is 6.53. The molecule has 1 aromatic rings. The van der Waals surface area contributed by atoms with Crippen LogP contribution in [0.25, 0.3) is 0 Å². The zero-order valence-corrected chi connectivity index (χ0v) is 4.66. The standard InChI is InChI=1S/C6H5N2O/c9-5-8-6-2-1-3-7-4-6/h2-5H,(H,8,9). The van der Waals surface area contributed by atoms with E-state index in [4.69, 9.17) is 0 Å². The normalized spacial score (nSPS) is 8.44.